The average molecular weight is 391 g/mol. The second kappa shape index (κ2) is 7.59. The van der Waals surface area contributed by atoms with E-state index < -0.39 is 34.5 Å². The molecule has 138 valence electrons. The van der Waals surface area contributed by atoms with E-state index in [4.69, 9.17) is 22.1 Å². The summed E-state index contributed by atoms with van der Waals surface area (Å²) in [6.45, 7) is 1.26. The zero-order chi connectivity index (χ0) is 18.8. The number of carboxylic acids is 1. The number of primary amides is 1. The highest BCUT2D eigenvalue weighted by molar-refractivity contribution is 7.89. The molecule has 2 rings (SSSR count). The predicted molar refractivity (Wildman–Crippen MR) is 89.9 cm³/mol. The molecule has 1 heterocycles. The van der Waals surface area contributed by atoms with Crippen molar-refractivity contribution < 1.29 is 27.9 Å². The van der Waals surface area contributed by atoms with Crippen molar-refractivity contribution in [1.29, 1.82) is 0 Å². The third-order valence-electron chi connectivity index (χ3n) is 4.00. The third-order valence-corrected chi connectivity index (χ3v) is 6.14. The predicted octanol–water partition coefficient (Wildman–Crippen LogP) is 1.08. The van der Waals surface area contributed by atoms with Crippen LogP contribution in [0.3, 0.4) is 0 Å². The van der Waals surface area contributed by atoms with Gasteiger partial charge in [0.15, 0.2) is 6.61 Å². The van der Waals surface area contributed by atoms with E-state index in [9.17, 15) is 23.1 Å². The Kier molecular flexibility index (Phi) is 5.91. The summed E-state index contributed by atoms with van der Waals surface area (Å²) in [6, 6.07) is 2.71. The summed E-state index contributed by atoms with van der Waals surface area (Å²) in [7, 11) is -4.20. The Morgan fingerprint density at radius 3 is 2.72 bits per heavy atom. The molecule has 8 nitrogen and oxygen atoms in total. The van der Waals surface area contributed by atoms with Gasteiger partial charge < -0.3 is 15.6 Å². The van der Waals surface area contributed by atoms with Crippen LogP contribution in [0.4, 0.5) is 0 Å². The maximum absolute atomic E-state index is 13.1. The van der Waals surface area contributed by atoms with Gasteiger partial charge in [-0.05, 0) is 37.0 Å². The Hall–Kier alpha value is -1.84. The average Bonchev–Trinajstić information content (AvgIpc) is 2.52. The minimum absolute atomic E-state index is 0.0748. The number of carboxylic acid groups (broad SMARTS) is 1. The SMILES string of the molecule is CC1CCCN(S(=O)(=O)c2cc(Cl)ccc2OCC(N)=O)C1C(=O)O. The van der Waals surface area contributed by atoms with Gasteiger partial charge in [-0.2, -0.15) is 4.31 Å². The van der Waals surface area contributed by atoms with Gasteiger partial charge in [0.05, 0.1) is 0 Å². The number of ether oxygens (including phenoxy) is 1. The molecule has 0 radical (unpaired) electrons. The van der Waals surface area contributed by atoms with Gasteiger partial charge in [-0.3, -0.25) is 9.59 Å². The van der Waals surface area contributed by atoms with E-state index >= 15 is 0 Å². The van der Waals surface area contributed by atoms with Crippen molar-refractivity contribution in [3.05, 3.63) is 23.2 Å². The van der Waals surface area contributed by atoms with Crippen LogP contribution in [-0.4, -0.2) is 48.9 Å². The summed E-state index contributed by atoms with van der Waals surface area (Å²) in [5.41, 5.74) is 5.02. The number of halogens is 1. The van der Waals surface area contributed by atoms with Crippen LogP contribution < -0.4 is 10.5 Å². The molecule has 1 aromatic carbocycles. The number of hydrogen-bond donors (Lipinski definition) is 2. The van der Waals surface area contributed by atoms with Crippen molar-refractivity contribution >= 4 is 33.5 Å². The van der Waals surface area contributed by atoms with Crippen LogP contribution in [-0.2, 0) is 19.6 Å². The van der Waals surface area contributed by atoms with Crippen molar-refractivity contribution in [3.63, 3.8) is 0 Å². The maximum atomic E-state index is 13.1. The van der Waals surface area contributed by atoms with Gasteiger partial charge in [0.1, 0.15) is 16.7 Å². The minimum atomic E-state index is -4.20. The van der Waals surface area contributed by atoms with Gasteiger partial charge in [0.2, 0.25) is 10.0 Å². The van der Waals surface area contributed by atoms with Crippen LogP contribution in [0.5, 0.6) is 5.75 Å². The van der Waals surface area contributed by atoms with Crippen LogP contribution in [0.2, 0.25) is 5.02 Å². The van der Waals surface area contributed by atoms with E-state index in [2.05, 4.69) is 0 Å². The number of carbonyl (C=O) groups excluding carboxylic acids is 1. The standard InChI is InChI=1S/C15H19ClN2O6S/c1-9-3-2-6-18(14(9)15(20)21)25(22,23)12-7-10(16)4-5-11(12)24-8-13(17)19/h4-5,7,9,14H,2-3,6,8H2,1H3,(H2,17,19)(H,20,21). The van der Waals surface area contributed by atoms with Gasteiger partial charge in [0.25, 0.3) is 5.91 Å². The molecule has 0 aromatic heterocycles. The highest BCUT2D eigenvalue weighted by Gasteiger charge is 2.42. The number of nitrogens with two attached hydrogens (primary N) is 1. The van der Waals surface area contributed by atoms with Crippen molar-refractivity contribution in [1.82, 2.24) is 4.31 Å². The third kappa shape index (κ3) is 4.23. The lowest BCUT2D eigenvalue weighted by atomic mass is 9.93. The van der Waals surface area contributed by atoms with Gasteiger partial charge in [-0.15, -0.1) is 0 Å². The van der Waals surface area contributed by atoms with E-state index in [1.807, 2.05) is 0 Å². The Morgan fingerprint density at radius 1 is 1.44 bits per heavy atom. The van der Waals surface area contributed by atoms with Crippen LogP contribution in [0, 0.1) is 5.92 Å². The molecule has 0 aliphatic carbocycles. The monoisotopic (exact) mass is 390 g/mol. The molecule has 1 aromatic rings. The molecule has 1 fully saturated rings. The first-order valence-electron chi connectivity index (χ1n) is 7.60. The van der Waals surface area contributed by atoms with Gasteiger partial charge in [-0.25, -0.2) is 8.42 Å². The van der Waals surface area contributed by atoms with E-state index in [1.165, 1.54) is 18.2 Å². The van der Waals surface area contributed by atoms with Crippen LogP contribution in [0.1, 0.15) is 19.8 Å². The highest BCUT2D eigenvalue weighted by atomic mass is 35.5. The molecule has 1 amide bonds. The first-order chi connectivity index (χ1) is 11.6. The number of piperidine rings is 1. The molecule has 0 bridgehead atoms. The second-order valence-corrected chi connectivity index (χ2v) is 8.16. The number of carbonyl (C=O) groups is 2. The van der Waals surface area contributed by atoms with Gasteiger partial charge in [0, 0.05) is 11.6 Å². The molecule has 0 spiro atoms. The number of rotatable bonds is 6. The zero-order valence-electron chi connectivity index (χ0n) is 13.5. The number of aliphatic carboxylic acids is 1. The highest BCUT2D eigenvalue weighted by Crippen LogP contribution is 2.34. The number of sulfonamides is 1. The smallest absolute Gasteiger partial charge is 0.322 e. The van der Waals surface area contributed by atoms with E-state index in [1.54, 1.807) is 6.92 Å². The van der Waals surface area contributed by atoms with Crippen molar-refractivity contribution in [3.8, 4) is 5.75 Å². The summed E-state index contributed by atoms with van der Waals surface area (Å²) in [4.78, 5) is 22.2. The zero-order valence-corrected chi connectivity index (χ0v) is 15.1. The lowest BCUT2D eigenvalue weighted by Crippen LogP contribution is -2.51. The Labute approximate surface area is 150 Å². The number of nitrogens with zero attached hydrogens (tertiary/aromatic N) is 1. The van der Waals surface area contributed by atoms with Crippen molar-refractivity contribution in [2.45, 2.75) is 30.7 Å². The summed E-state index contributed by atoms with van der Waals surface area (Å²) in [5.74, 6) is -2.42. The van der Waals surface area contributed by atoms with Crippen LogP contribution >= 0.6 is 11.6 Å². The molecular weight excluding hydrogens is 372 g/mol. The molecule has 1 aliphatic rings. The quantitative estimate of drug-likeness (QED) is 0.748. The molecular formula is C15H19ClN2O6S. The summed E-state index contributed by atoms with van der Waals surface area (Å²) in [5, 5.41) is 9.61. The molecule has 2 unspecified atom stereocenters. The van der Waals surface area contributed by atoms with Gasteiger partial charge in [-0.1, -0.05) is 18.5 Å². The van der Waals surface area contributed by atoms with Gasteiger partial charge >= 0.3 is 5.97 Å². The van der Waals surface area contributed by atoms with E-state index in [0.29, 0.717) is 12.8 Å². The number of hydrogen-bond acceptors (Lipinski definition) is 5. The molecule has 2 atom stereocenters. The Morgan fingerprint density at radius 2 is 2.12 bits per heavy atom. The molecule has 1 aliphatic heterocycles. The minimum Gasteiger partial charge on any atom is -0.482 e. The largest absolute Gasteiger partial charge is 0.482 e. The first kappa shape index (κ1) is 19.5. The fourth-order valence-electron chi connectivity index (χ4n) is 2.86. The van der Waals surface area contributed by atoms with E-state index in [0.717, 1.165) is 4.31 Å². The first-order valence-corrected chi connectivity index (χ1v) is 9.41. The lowest BCUT2D eigenvalue weighted by Gasteiger charge is -2.36. The van der Waals surface area contributed by atoms with Crippen LogP contribution in [0.25, 0.3) is 0 Å². The topological polar surface area (TPSA) is 127 Å². The summed E-state index contributed by atoms with van der Waals surface area (Å²) in [6.07, 6.45) is 1.16. The van der Waals surface area contributed by atoms with Crippen molar-refractivity contribution in [2.24, 2.45) is 11.7 Å². The fourth-order valence-corrected chi connectivity index (χ4v) is 4.98. The molecule has 3 N–H and O–H groups in total. The molecule has 10 heteroatoms. The van der Waals surface area contributed by atoms with E-state index in [-0.39, 0.29) is 28.1 Å². The fraction of sp³-hybridized carbons (Fsp3) is 0.467. The normalized spacial score (nSPS) is 21.7. The second-order valence-electron chi connectivity index (χ2n) is 5.86. The Bertz CT molecular complexity index is 782. The maximum Gasteiger partial charge on any atom is 0.322 e. The summed E-state index contributed by atoms with van der Waals surface area (Å²) >= 11 is 5.91. The van der Waals surface area contributed by atoms with Crippen LogP contribution in [0.15, 0.2) is 23.1 Å². The van der Waals surface area contributed by atoms with Crippen molar-refractivity contribution in [2.75, 3.05) is 13.2 Å². The molecule has 25 heavy (non-hydrogen) atoms. The number of benzene rings is 1. The lowest BCUT2D eigenvalue weighted by molar-refractivity contribution is -0.144. The number of amides is 1. The molecule has 0 saturated carbocycles. The molecule has 1 saturated heterocycles. The summed E-state index contributed by atoms with van der Waals surface area (Å²) < 4.78 is 32.3. The Balaban J connectivity index is 2.49.